The number of benzene rings is 1. The minimum Gasteiger partial charge on any atom is -0.379 e. The van der Waals surface area contributed by atoms with E-state index >= 15 is 0 Å². The SMILES string of the molecule is CC(C)(F)CCCCC[C@H](O)NCc1ccccc1. The lowest BCUT2D eigenvalue weighted by atomic mass is 10.0. The summed E-state index contributed by atoms with van der Waals surface area (Å²) in [4.78, 5) is 0. The van der Waals surface area contributed by atoms with Crippen LogP contribution in [0.25, 0.3) is 0 Å². The highest BCUT2D eigenvalue weighted by Crippen LogP contribution is 2.18. The van der Waals surface area contributed by atoms with Gasteiger partial charge in [-0.1, -0.05) is 43.2 Å². The minimum atomic E-state index is -1.07. The van der Waals surface area contributed by atoms with Crippen LogP contribution in [-0.2, 0) is 6.54 Å². The van der Waals surface area contributed by atoms with Crippen LogP contribution in [0.3, 0.4) is 0 Å². The van der Waals surface area contributed by atoms with Crippen LogP contribution in [-0.4, -0.2) is 17.0 Å². The van der Waals surface area contributed by atoms with E-state index in [0.29, 0.717) is 13.0 Å². The van der Waals surface area contributed by atoms with Crippen molar-refractivity contribution in [2.24, 2.45) is 0 Å². The maximum Gasteiger partial charge on any atom is 0.105 e. The Balaban J connectivity index is 2.04. The van der Waals surface area contributed by atoms with Crippen LogP contribution in [0.15, 0.2) is 30.3 Å². The summed E-state index contributed by atoms with van der Waals surface area (Å²) < 4.78 is 13.2. The molecule has 2 nitrogen and oxygen atoms in total. The molecule has 0 unspecified atom stereocenters. The first-order chi connectivity index (χ1) is 8.97. The van der Waals surface area contributed by atoms with E-state index in [0.717, 1.165) is 25.7 Å². The molecular formula is C16H26FNO. The molecule has 1 aromatic rings. The molecule has 0 aromatic heterocycles. The van der Waals surface area contributed by atoms with Gasteiger partial charge in [0.05, 0.1) is 0 Å². The number of aliphatic hydroxyl groups excluding tert-OH is 1. The second kappa shape index (κ2) is 8.28. The molecule has 0 heterocycles. The van der Waals surface area contributed by atoms with E-state index in [1.807, 2.05) is 30.3 Å². The van der Waals surface area contributed by atoms with Crippen LogP contribution in [0.1, 0.15) is 51.5 Å². The van der Waals surface area contributed by atoms with Crippen molar-refractivity contribution in [1.29, 1.82) is 0 Å². The van der Waals surface area contributed by atoms with Crippen LogP contribution in [0.2, 0.25) is 0 Å². The lowest BCUT2D eigenvalue weighted by Gasteiger charge is -2.15. The summed E-state index contributed by atoms with van der Waals surface area (Å²) in [5, 5.41) is 12.9. The lowest BCUT2D eigenvalue weighted by Crippen LogP contribution is -2.28. The highest BCUT2D eigenvalue weighted by molar-refractivity contribution is 5.14. The van der Waals surface area contributed by atoms with Crippen LogP contribution >= 0.6 is 0 Å². The Bertz CT molecular complexity index is 334. The molecule has 1 aromatic carbocycles. The Labute approximate surface area is 116 Å². The van der Waals surface area contributed by atoms with Gasteiger partial charge in [-0.25, -0.2) is 4.39 Å². The van der Waals surface area contributed by atoms with Gasteiger partial charge >= 0.3 is 0 Å². The third-order valence-electron chi connectivity index (χ3n) is 3.13. The Kier molecular flexibility index (Phi) is 7.03. The van der Waals surface area contributed by atoms with Crippen molar-refractivity contribution < 1.29 is 9.50 Å². The van der Waals surface area contributed by atoms with Gasteiger partial charge in [-0.15, -0.1) is 0 Å². The van der Waals surface area contributed by atoms with E-state index < -0.39 is 11.9 Å². The normalized spacial score (nSPS) is 13.5. The average molecular weight is 267 g/mol. The van der Waals surface area contributed by atoms with Crippen molar-refractivity contribution in [3.63, 3.8) is 0 Å². The maximum absolute atomic E-state index is 13.2. The first-order valence-electron chi connectivity index (χ1n) is 7.12. The molecule has 0 radical (unpaired) electrons. The Morgan fingerprint density at radius 1 is 1.16 bits per heavy atom. The Morgan fingerprint density at radius 3 is 2.47 bits per heavy atom. The van der Waals surface area contributed by atoms with Crippen molar-refractivity contribution in [3.8, 4) is 0 Å². The second-order valence-electron chi connectivity index (χ2n) is 5.70. The number of alkyl halides is 1. The quantitative estimate of drug-likeness (QED) is 0.527. The van der Waals surface area contributed by atoms with Crippen molar-refractivity contribution in [3.05, 3.63) is 35.9 Å². The van der Waals surface area contributed by atoms with Crippen molar-refractivity contribution in [2.45, 2.75) is 64.4 Å². The molecule has 0 spiro atoms. The van der Waals surface area contributed by atoms with Gasteiger partial charge in [-0.3, -0.25) is 5.32 Å². The highest BCUT2D eigenvalue weighted by Gasteiger charge is 2.14. The molecule has 0 fully saturated rings. The smallest absolute Gasteiger partial charge is 0.105 e. The number of hydrogen-bond acceptors (Lipinski definition) is 2. The van der Waals surface area contributed by atoms with Gasteiger partial charge in [0.15, 0.2) is 0 Å². The third-order valence-corrected chi connectivity index (χ3v) is 3.13. The van der Waals surface area contributed by atoms with Gasteiger partial charge < -0.3 is 5.11 Å². The number of rotatable bonds is 9. The average Bonchev–Trinajstić information content (AvgIpc) is 2.36. The van der Waals surface area contributed by atoms with Gasteiger partial charge in [0.2, 0.25) is 0 Å². The molecule has 0 aliphatic carbocycles. The molecule has 0 saturated heterocycles. The minimum absolute atomic E-state index is 0.474. The zero-order valence-corrected chi connectivity index (χ0v) is 12.0. The van der Waals surface area contributed by atoms with E-state index in [2.05, 4.69) is 5.32 Å². The summed E-state index contributed by atoms with van der Waals surface area (Å²) in [6, 6.07) is 10.0. The number of nitrogens with one attached hydrogen (secondary N) is 1. The van der Waals surface area contributed by atoms with Gasteiger partial charge in [0, 0.05) is 6.54 Å². The van der Waals surface area contributed by atoms with Crippen molar-refractivity contribution in [2.75, 3.05) is 0 Å². The van der Waals surface area contributed by atoms with Gasteiger partial charge in [-0.05, 0) is 38.7 Å². The summed E-state index contributed by atoms with van der Waals surface area (Å²) in [5.41, 5.74) is 0.102. The number of aliphatic hydroxyl groups is 1. The first-order valence-corrected chi connectivity index (χ1v) is 7.12. The van der Waals surface area contributed by atoms with E-state index in [1.165, 1.54) is 5.56 Å². The predicted molar refractivity (Wildman–Crippen MR) is 77.6 cm³/mol. The molecule has 19 heavy (non-hydrogen) atoms. The van der Waals surface area contributed by atoms with E-state index in [1.54, 1.807) is 13.8 Å². The number of halogens is 1. The largest absolute Gasteiger partial charge is 0.379 e. The zero-order chi connectivity index (χ0) is 14.1. The number of unbranched alkanes of at least 4 members (excludes halogenated alkanes) is 2. The summed E-state index contributed by atoms with van der Waals surface area (Å²) in [7, 11) is 0. The molecule has 3 heteroatoms. The predicted octanol–water partition coefficient (Wildman–Crippen LogP) is 3.79. The molecule has 0 amide bonds. The zero-order valence-electron chi connectivity index (χ0n) is 12.0. The highest BCUT2D eigenvalue weighted by atomic mass is 19.1. The second-order valence-corrected chi connectivity index (χ2v) is 5.70. The summed E-state index contributed by atoms with van der Waals surface area (Å²) in [5.74, 6) is 0. The number of hydrogen-bond donors (Lipinski definition) is 2. The fourth-order valence-corrected chi connectivity index (χ4v) is 1.99. The lowest BCUT2D eigenvalue weighted by molar-refractivity contribution is 0.121. The third kappa shape index (κ3) is 8.73. The Hall–Kier alpha value is -0.930. The molecular weight excluding hydrogens is 241 g/mol. The first kappa shape index (κ1) is 16.1. The fourth-order valence-electron chi connectivity index (χ4n) is 1.99. The molecule has 2 N–H and O–H groups in total. The standard InChI is InChI=1S/C16H26FNO/c1-16(2,17)12-8-4-7-11-15(19)18-13-14-9-5-3-6-10-14/h3,5-6,9-10,15,18-19H,4,7-8,11-13H2,1-2H3/t15-/m0/s1. The Morgan fingerprint density at radius 2 is 1.84 bits per heavy atom. The van der Waals surface area contributed by atoms with Gasteiger partial charge in [0.25, 0.3) is 0 Å². The van der Waals surface area contributed by atoms with E-state index in [4.69, 9.17) is 0 Å². The molecule has 0 bridgehead atoms. The molecule has 0 aliphatic heterocycles. The van der Waals surface area contributed by atoms with Crippen LogP contribution in [0.4, 0.5) is 4.39 Å². The molecule has 0 saturated carbocycles. The van der Waals surface area contributed by atoms with Crippen molar-refractivity contribution in [1.82, 2.24) is 5.32 Å². The summed E-state index contributed by atoms with van der Waals surface area (Å²) in [6.07, 6.45) is 3.63. The fraction of sp³-hybridized carbons (Fsp3) is 0.625. The van der Waals surface area contributed by atoms with Crippen LogP contribution in [0, 0.1) is 0 Å². The molecule has 0 aliphatic rings. The van der Waals surface area contributed by atoms with Gasteiger partial charge in [-0.2, -0.15) is 0 Å². The summed E-state index contributed by atoms with van der Waals surface area (Å²) >= 11 is 0. The topological polar surface area (TPSA) is 32.3 Å². The van der Waals surface area contributed by atoms with E-state index in [-0.39, 0.29) is 0 Å². The van der Waals surface area contributed by atoms with Crippen LogP contribution < -0.4 is 5.32 Å². The van der Waals surface area contributed by atoms with Crippen LogP contribution in [0.5, 0.6) is 0 Å². The van der Waals surface area contributed by atoms with E-state index in [9.17, 15) is 9.50 Å². The monoisotopic (exact) mass is 267 g/mol. The molecule has 1 atom stereocenters. The molecule has 108 valence electrons. The van der Waals surface area contributed by atoms with Crippen molar-refractivity contribution >= 4 is 0 Å². The molecule has 1 rings (SSSR count). The maximum atomic E-state index is 13.2. The summed E-state index contributed by atoms with van der Waals surface area (Å²) in [6.45, 7) is 3.91. The van der Waals surface area contributed by atoms with Gasteiger partial charge in [0.1, 0.15) is 11.9 Å².